The third kappa shape index (κ3) is 1.18. The van der Waals surface area contributed by atoms with Crippen LogP contribution in [0.4, 0.5) is 0 Å². The van der Waals surface area contributed by atoms with E-state index in [1.807, 2.05) is 0 Å². The van der Waals surface area contributed by atoms with Crippen LogP contribution < -0.4 is 5.32 Å². The number of amides is 2. The van der Waals surface area contributed by atoms with Crippen molar-refractivity contribution in [3.05, 3.63) is 0 Å². The predicted molar refractivity (Wildman–Crippen MR) is 47.7 cm³/mol. The summed E-state index contributed by atoms with van der Waals surface area (Å²) in [5.74, 6) is 0.552. The molecule has 0 spiro atoms. The van der Waals surface area contributed by atoms with Gasteiger partial charge in [0.1, 0.15) is 0 Å². The van der Waals surface area contributed by atoms with Gasteiger partial charge in [0, 0.05) is 0 Å². The molecule has 1 saturated carbocycles. The Bertz CT molecular complexity index is 236. The van der Waals surface area contributed by atoms with Crippen LogP contribution in [0.1, 0.15) is 26.7 Å². The fraction of sp³-hybridized carbons (Fsp3) is 0.800. The van der Waals surface area contributed by atoms with Gasteiger partial charge in [0.05, 0.1) is 11.8 Å². The molecule has 0 bridgehead atoms. The molecule has 2 aliphatic rings. The first kappa shape index (κ1) is 8.73. The Kier molecular flexibility index (Phi) is 1.90. The van der Waals surface area contributed by atoms with E-state index in [1.165, 1.54) is 0 Å². The van der Waals surface area contributed by atoms with E-state index in [1.54, 1.807) is 0 Å². The minimum absolute atomic E-state index is 0.0451. The van der Waals surface area contributed by atoms with Crippen molar-refractivity contribution in [1.29, 1.82) is 0 Å². The van der Waals surface area contributed by atoms with Crippen LogP contribution in [0.25, 0.3) is 0 Å². The largest absolute Gasteiger partial charge is 0.296 e. The summed E-state index contributed by atoms with van der Waals surface area (Å²) in [6.45, 7) is 4.14. The van der Waals surface area contributed by atoms with Crippen molar-refractivity contribution >= 4 is 11.8 Å². The molecule has 1 heterocycles. The summed E-state index contributed by atoms with van der Waals surface area (Å²) in [5, 5.41) is 2.44. The topological polar surface area (TPSA) is 46.2 Å². The van der Waals surface area contributed by atoms with E-state index in [-0.39, 0.29) is 23.7 Å². The zero-order valence-electron chi connectivity index (χ0n) is 8.04. The quantitative estimate of drug-likeness (QED) is 0.565. The Hall–Kier alpha value is -0.860. The van der Waals surface area contributed by atoms with Crippen molar-refractivity contribution < 1.29 is 9.59 Å². The van der Waals surface area contributed by atoms with Crippen LogP contribution in [0.15, 0.2) is 0 Å². The lowest BCUT2D eigenvalue weighted by Crippen LogP contribution is -2.34. The monoisotopic (exact) mass is 181 g/mol. The van der Waals surface area contributed by atoms with Crippen LogP contribution in [0.2, 0.25) is 0 Å². The fourth-order valence-corrected chi connectivity index (χ4v) is 2.72. The Morgan fingerprint density at radius 2 is 1.38 bits per heavy atom. The first-order valence-corrected chi connectivity index (χ1v) is 4.96. The smallest absolute Gasteiger partial charge is 0.230 e. The van der Waals surface area contributed by atoms with Crippen LogP contribution in [0.5, 0.6) is 0 Å². The molecule has 72 valence electrons. The molecule has 1 aliphatic heterocycles. The van der Waals surface area contributed by atoms with E-state index in [2.05, 4.69) is 19.2 Å². The van der Waals surface area contributed by atoms with E-state index in [0.29, 0.717) is 11.8 Å². The molecule has 1 N–H and O–H groups in total. The highest BCUT2D eigenvalue weighted by Gasteiger charge is 2.49. The Morgan fingerprint density at radius 3 is 1.77 bits per heavy atom. The van der Waals surface area contributed by atoms with Crippen LogP contribution >= 0.6 is 0 Å². The molecule has 0 aromatic rings. The Labute approximate surface area is 77.9 Å². The number of nitrogens with one attached hydrogen (secondary N) is 1. The minimum atomic E-state index is -0.0472. The SMILES string of the molecule is CC1CCC(C)[C@@H]2C(=O)NC(=O)[C@H]12. The lowest BCUT2D eigenvalue weighted by atomic mass is 9.69. The molecule has 0 aromatic heterocycles. The second kappa shape index (κ2) is 2.82. The number of rotatable bonds is 0. The summed E-state index contributed by atoms with van der Waals surface area (Å²) in [6.07, 6.45) is 2.14. The van der Waals surface area contributed by atoms with Gasteiger partial charge in [0.2, 0.25) is 11.8 Å². The highest BCUT2D eigenvalue weighted by atomic mass is 16.2. The highest BCUT2D eigenvalue weighted by Crippen LogP contribution is 2.41. The molecule has 2 amide bonds. The molecule has 0 radical (unpaired) electrons. The standard InChI is InChI=1S/C10H15NO2/c1-5-3-4-6(2)8-7(5)9(12)11-10(8)13/h5-8H,3-4H2,1-2H3,(H,11,12,13)/t5?,6?,7-,8+. The van der Waals surface area contributed by atoms with Crippen molar-refractivity contribution in [3.8, 4) is 0 Å². The Balaban J connectivity index is 2.29. The normalized spacial score (nSPS) is 44.5. The molecule has 2 unspecified atom stereocenters. The average molecular weight is 181 g/mol. The summed E-state index contributed by atoms with van der Waals surface area (Å²) in [5.41, 5.74) is 0. The van der Waals surface area contributed by atoms with Gasteiger partial charge < -0.3 is 0 Å². The van der Waals surface area contributed by atoms with Crippen molar-refractivity contribution in [2.45, 2.75) is 26.7 Å². The van der Waals surface area contributed by atoms with Crippen LogP contribution in [-0.4, -0.2) is 11.8 Å². The average Bonchev–Trinajstić information content (AvgIpc) is 2.36. The van der Waals surface area contributed by atoms with Gasteiger partial charge in [0.25, 0.3) is 0 Å². The fourth-order valence-electron chi connectivity index (χ4n) is 2.72. The molecule has 13 heavy (non-hydrogen) atoms. The van der Waals surface area contributed by atoms with Gasteiger partial charge in [-0.3, -0.25) is 14.9 Å². The van der Waals surface area contributed by atoms with Crippen molar-refractivity contribution in [1.82, 2.24) is 5.32 Å². The summed E-state index contributed by atoms with van der Waals surface area (Å²) in [6, 6.07) is 0. The second-order valence-electron chi connectivity index (χ2n) is 4.44. The summed E-state index contributed by atoms with van der Waals surface area (Å²) < 4.78 is 0. The second-order valence-corrected chi connectivity index (χ2v) is 4.44. The molecule has 1 saturated heterocycles. The van der Waals surface area contributed by atoms with E-state index in [4.69, 9.17) is 0 Å². The maximum Gasteiger partial charge on any atom is 0.230 e. The van der Waals surface area contributed by atoms with Gasteiger partial charge in [-0.05, 0) is 24.7 Å². The molecule has 3 heteroatoms. The molecule has 0 aromatic carbocycles. The van der Waals surface area contributed by atoms with E-state index in [9.17, 15) is 9.59 Å². The molecule has 1 aliphatic carbocycles. The molecule has 4 atom stereocenters. The number of carbonyl (C=O) groups is 2. The number of imide groups is 1. The maximum absolute atomic E-state index is 11.4. The number of fused-ring (bicyclic) bond motifs is 1. The first-order valence-electron chi connectivity index (χ1n) is 4.96. The minimum Gasteiger partial charge on any atom is -0.296 e. The zero-order chi connectivity index (χ0) is 9.59. The van der Waals surface area contributed by atoms with E-state index >= 15 is 0 Å². The molecule has 2 rings (SSSR count). The van der Waals surface area contributed by atoms with Crippen molar-refractivity contribution in [3.63, 3.8) is 0 Å². The maximum atomic E-state index is 11.4. The van der Waals surface area contributed by atoms with Gasteiger partial charge >= 0.3 is 0 Å². The summed E-state index contributed by atoms with van der Waals surface area (Å²) in [7, 11) is 0. The van der Waals surface area contributed by atoms with Gasteiger partial charge in [-0.25, -0.2) is 0 Å². The number of hydrogen-bond acceptors (Lipinski definition) is 2. The van der Waals surface area contributed by atoms with E-state index < -0.39 is 0 Å². The van der Waals surface area contributed by atoms with Crippen molar-refractivity contribution in [2.75, 3.05) is 0 Å². The first-order chi connectivity index (χ1) is 6.11. The highest BCUT2D eigenvalue weighted by molar-refractivity contribution is 6.05. The Morgan fingerprint density at radius 1 is 1.00 bits per heavy atom. The van der Waals surface area contributed by atoms with Gasteiger partial charge in [-0.1, -0.05) is 13.8 Å². The summed E-state index contributed by atoms with van der Waals surface area (Å²) >= 11 is 0. The molecule has 3 nitrogen and oxygen atoms in total. The molecular weight excluding hydrogens is 166 g/mol. The van der Waals surface area contributed by atoms with Crippen LogP contribution in [0, 0.1) is 23.7 Å². The number of carbonyl (C=O) groups excluding carboxylic acids is 2. The van der Waals surface area contributed by atoms with Gasteiger partial charge in [0.15, 0.2) is 0 Å². The molecular formula is C10H15NO2. The van der Waals surface area contributed by atoms with E-state index in [0.717, 1.165) is 12.8 Å². The zero-order valence-corrected chi connectivity index (χ0v) is 8.04. The predicted octanol–water partition coefficient (Wildman–Crippen LogP) is 0.941. The van der Waals surface area contributed by atoms with Crippen LogP contribution in [0.3, 0.4) is 0 Å². The lowest BCUT2D eigenvalue weighted by Gasteiger charge is -2.32. The van der Waals surface area contributed by atoms with Gasteiger partial charge in [-0.2, -0.15) is 0 Å². The van der Waals surface area contributed by atoms with Gasteiger partial charge in [-0.15, -0.1) is 0 Å². The van der Waals surface area contributed by atoms with Crippen LogP contribution in [-0.2, 0) is 9.59 Å². The lowest BCUT2D eigenvalue weighted by molar-refractivity contribution is -0.126. The molecule has 2 fully saturated rings. The third-order valence-electron chi connectivity index (χ3n) is 3.54. The number of hydrogen-bond donors (Lipinski definition) is 1. The third-order valence-corrected chi connectivity index (χ3v) is 3.54. The summed E-state index contributed by atoms with van der Waals surface area (Å²) in [4.78, 5) is 22.9. The van der Waals surface area contributed by atoms with Crippen molar-refractivity contribution in [2.24, 2.45) is 23.7 Å².